The van der Waals surface area contributed by atoms with E-state index in [2.05, 4.69) is 0 Å². The minimum absolute atomic E-state index is 0.255. The van der Waals surface area contributed by atoms with Crippen molar-refractivity contribution in [2.24, 2.45) is 0 Å². The lowest BCUT2D eigenvalue weighted by Gasteiger charge is -2.26. The van der Waals surface area contributed by atoms with E-state index in [0.717, 1.165) is 0 Å². The van der Waals surface area contributed by atoms with Crippen molar-refractivity contribution in [3.8, 4) is 0 Å². The fourth-order valence-electron chi connectivity index (χ4n) is 1.14. The Morgan fingerprint density at radius 2 is 1.94 bits per heavy atom. The van der Waals surface area contributed by atoms with Crippen molar-refractivity contribution in [1.82, 2.24) is 4.90 Å². The van der Waals surface area contributed by atoms with E-state index < -0.39 is 17.5 Å². The molecular weight excluding hydrogens is 210 g/mol. The van der Waals surface area contributed by atoms with Gasteiger partial charge in [0.25, 0.3) is 0 Å². The number of carbonyl (C=O) groups excluding carboxylic acids is 1. The zero-order valence-corrected chi connectivity index (χ0v) is 10.4. The molecule has 0 radical (unpaired) electrons. The molecule has 0 spiro atoms. The highest BCUT2D eigenvalue weighted by Gasteiger charge is 2.36. The van der Waals surface area contributed by atoms with Gasteiger partial charge in [-0.3, -0.25) is 4.79 Å². The molecule has 5 heteroatoms. The molecule has 0 amide bonds. The monoisotopic (exact) mass is 231 g/mol. The van der Waals surface area contributed by atoms with Crippen LogP contribution in [0.1, 0.15) is 33.1 Å². The summed E-state index contributed by atoms with van der Waals surface area (Å²) >= 11 is 0. The van der Waals surface area contributed by atoms with Crippen molar-refractivity contribution < 1.29 is 19.4 Å². The Balaban J connectivity index is 4.44. The maximum atomic E-state index is 11.3. The summed E-state index contributed by atoms with van der Waals surface area (Å²) in [4.78, 5) is 24.2. The second-order valence-electron chi connectivity index (χ2n) is 4.31. The zero-order chi connectivity index (χ0) is 12.8. The van der Waals surface area contributed by atoms with Crippen molar-refractivity contribution >= 4 is 11.9 Å². The molecule has 0 heterocycles. The van der Waals surface area contributed by atoms with Crippen LogP contribution in [0.2, 0.25) is 0 Å². The quantitative estimate of drug-likeness (QED) is 0.665. The van der Waals surface area contributed by atoms with Crippen molar-refractivity contribution in [1.29, 1.82) is 0 Å². The second kappa shape index (κ2) is 6.48. The number of ether oxygens (including phenoxy) is 1. The first-order valence-electron chi connectivity index (χ1n) is 5.41. The van der Waals surface area contributed by atoms with E-state index in [-0.39, 0.29) is 12.8 Å². The van der Waals surface area contributed by atoms with Crippen LogP contribution in [0.3, 0.4) is 0 Å². The van der Waals surface area contributed by atoms with Crippen LogP contribution in [0.25, 0.3) is 0 Å². The number of aliphatic carboxylic acids is 1. The van der Waals surface area contributed by atoms with Crippen molar-refractivity contribution in [2.45, 2.75) is 38.7 Å². The lowest BCUT2D eigenvalue weighted by molar-refractivity contribution is -0.177. The van der Waals surface area contributed by atoms with Crippen LogP contribution in [0.4, 0.5) is 0 Å². The Hall–Kier alpha value is -1.10. The largest absolute Gasteiger partial charge is 0.478 e. The number of hydrogen-bond acceptors (Lipinski definition) is 4. The maximum Gasteiger partial charge on any atom is 0.347 e. The molecule has 0 bridgehead atoms. The summed E-state index contributed by atoms with van der Waals surface area (Å²) in [6, 6.07) is 0. The normalized spacial score (nSPS) is 14.6. The van der Waals surface area contributed by atoms with Gasteiger partial charge in [0.05, 0.1) is 0 Å². The number of carbonyl (C=O) groups is 2. The van der Waals surface area contributed by atoms with Gasteiger partial charge in [0.2, 0.25) is 5.60 Å². The van der Waals surface area contributed by atoms with Crippen LogP contribution in [-0.4, -0.2) is 48.2 Å². The number of carboxylic acids is 1. The standard InChI is InChI=1S/C11H21NO4/c1-5-6-9(13)16-11(2,10(14)15)7-8-12(3)4/h5-8H2,1-4H3,(H,14,15). The lowest BCUT2D eigenvalue weighted by Crippen LogP contribution is -2.42. The van der Waals surface area contributed by atoms with Crippen LogP contribution < -0.4 is 0 Å². The van der Waals surface area contributed by atoms with Gasteiger partial charge in [0.1, 0.15) is 0 Å². The molecule has 0 aromatic heterocycles. The Morgan fingerprint density at radius 3 is 2.31 bits per heavy atom. The number of esters is 1. The average molecular weight is 231 g/mol. The number of hydrogen-bond donors (Lipinski definition) is 1. The Kier molecular flexibility index (Phi) is 6.03. The van der Waals surface area contributed by atoms with Gasteiger partial charge < -0.3 is 14.7 Å². The van der Waals surface area contributed by atoms with Gasteiger partial charge in [0, 0.05) is 19.4 Å². The van der Waals surface area contributed by atoms with Crippen molar-refractivity contribution in [2.75, 3.05) is 20.6 Å². The van der Waals surface area contributed by atoms with Crippen LogP contribution in [0, 0.1) is 0 Å². The SMILES string of the molecule is CCCC(=O)OC(C)(CCN(C)C)C(=O)O. The Bertz CT molecular complexity index is 252. The third-order valence-corrected chi connectivity index (χ3v) is 2.28. The van der Waals surface area contributed by atoms with E-state index in [1.165, 1.54) is 6.92 Å². The zero-order valence-electron chi connectivity index (χ0n) is 10.4. The minimum Gasteiger partial charge on any atom is -0.478 e. The van der Waals surface area contributed by atoms with Crippen LogP contribution in [0.5, 0.6) is 0 Å². The van der Waals surface area contributed by atoms with Gasteiger partial charge >= 0.3 is 11.9 Å². The van der Waals surface area contributed by atoms with E-state index in [0.29, 0.717) is 13.0 Å². The number of carboxylic acid groups (broad SMARTS) is 1. The molecule has 0 aliphatic carbocycles. The molecule has 0 aliphatic rings. The van der Waals surface area contributed by atoms with Gasteiger partial charge in [0.15, 0.2) is 0 Å². The molecule has 0 saturated heterocycles. The van der Waals surface area contributed by atoms with Crippen LogP contribution >= 0.6 is 0 Å². The van der Waals surface area contributed by atoms with E-state index in [4.69, 9.17) is 9.84 Å². The molecule has 94 valence electrons. The first kappa shape index (κ1) is 14.9. The van der Waals surface area contributed by atoms with Gasteiger partial charge in [-0.05, 0) is 27.4 Å². The molecule has 16 heavy (non-hydrogen) atoms. The molecule has 0 fully saturated rings. The summed E-state index contributed by atoms with van der Waals surface area (Å²) < 4.78 is 5.03. The molecule has 1 atom stereocenters. The highest BCUT2D eigenvalue weighted by Crippen LogP contribution is 2.17. The van der Waals surface area contributed by atoms with Crippen molar-refractivity contribution in [3.63, 3.8) is 0 Å². The van der Waals surface area contributed by atoms with E-state index in [1.807, 2.05) is 25.9 Å². The molecular formula is C11H21NO4. The molecule has 0 aromatic carbocycles. The summed E-state index contributed by atoms with van der Waals surface area (Å²) in [5, 5.41) is 9.07. The summed E-state index contributed by atoms with van der Waals surface area (Å²) in [5.41, 5.74) is -1.42. The van der Waals surface area contributed by atoms with Gasteiger partial charge in [-0.2, -0.15) is 0 Å². The number of rotatable bonds is 7. The predicted molar refractivity (Wildman–Crippen MR) is 60.2 cm³/mol. The highest BCUT2D eigenvalue weighted by atomic mass is 16.6. The minimum atomic E-state index is -1.42. The first-order chi connectivity index (χ1) is 7.31. The fraction of sp³-hybridized carbons (Fsp3) is 0.818. The van der Waals surface area contributed by atoms with Gasteiger partial charge in [-0.1, -0.05) is 6.92 Å². The molecule has 0 aromatic rings. The molecule has 0 aliphatic heterocycles. The van der Waals surface area contributed by atoms with Gasteiger partial charge in [-0.15, -0.1) is 0 Å². The number of nitrogens with zero attached hydrogens (tertiary/aromatic N) is 1. The topological polar surface area (TPSA) is 66.8 Å². The average Bonchev–Trinajstić information content (AvgIpc) is 2.14. The Morgan fingerprint density at radius 1 is 1.38 bits per heavy atom. The second-order valence-corrected chi connectivity index (χ2v) is 4.31. The van der Waals surface area contributed by atoms with Crippen LogP contribution in [0.15, 0.2) is 0 Å². The third-order valence-electron chi connectivity index (χ3n) is 2.28. The van der Waals surface area contributed by atoms with E-state index in [9.17, 15) is 9.59 Å². The van der Waals surface area contributed by atoms with Crippen LogP contribution in [-0.2, 0) is 14.3 Å². The molecule has 1 unspecified atom stereocenters. The lowest BCUT2D eigenvalue weighted by atomic mass is 10.0. The summed E-state index contributed by atoms with van der Waals surface area (Å²) in [6.45, 7) is 3.84. The van der Waals surface area contributed by atoms with Crippen molar-refractivity contribution in [3.05, 3.63) is 0 Å². The van der Waals surface area contributed by atoms with Gasteiger partial charge in [-0.25, -0.2) is 4.79 Å². The molecule has 5 nitrogen and oxygen atoms in total. The first-order valence-corrected chi connectivity index (χ1v) is 5.41. The fourth-order valence-corrected chi connectivity index (χ4v) is 1.14. The van der Waals surface area contributed by atoms with E-state index in [1.54, 1.807) is 0 Å². The predicted octanol–water partition coefficient (Wildman–Crippen LogP) is 1.12. The molecule has 1 N–H and O–H groups in total. The third kappa shape index (κ3) is 5.11. The van der Waals surface area contributed by atoms with E-state index >= 15 is 0 Å². The molecule has 0 saturated carbocycles. The Labute approximate surface area is 96.4 Å². The maximum absolute atomic E-state index is 11.3. The highest BCUT2D eigenvalue weighted by molar-refractivity contribution is 5.81. The summed E-state index contributed by atoms with van der Waals surface area (Å²) in [7, 11) is 3.69. The molecule has 0 rings (SSSR count). The summed E-state index contributed by atoms with van der Waals surface area (Å²) in [6.07, 6.45) is 1.19. The summed E-state index contributed by atoms with van der Waals surface area (Å²) in [5.74, 6) is -1.55. The smallest absolute Gasteiger partial charge is 0.347 e.